The number of carboxylic acid groups (broad SMARTS) is 1. The van der Waals surface area contributed by atoms with Gasteiger partial charge in [-0.2, -0.15) is 0 Å². The molecule has 2 bridgehead atoms. The topological polar surface area (TPSA) is 40.1 Å². The van der Waals surface area contributed by atoms with Crippen molar-refractivity contribution in [1.82, 2.24) is 0 Å². The summed E-state index contributed by atoms with van der Waals surface area (Å²) < 4.78 is 0. The van der Waals surface area contributed by atoms with Crippen molar-refractivity contribution < 1.29 is 9.90 Å². The molecule has 2 nitrogen and oxygen atoms in total. The van der Waals surface area contributed by atoms with E-state index in [1.54, 1.807) is 0 Å². The van der Waals surface area contributed by atoms with Crippen molar-refractivity contribution in [1.29, 1.82) is 0 Å². The molecule has 2 heteroatoms. The van der Waals surface area contributed by atoms with Crippen molar-refractivity contribution >= 4 is 5.97 Å². The first kappa shape index (κ1) is 7.60. The smallest absolute Gasteiger partial charge is 0.0448 e. The second-order valence-corrected chi connectivity index (χ2v) is 4.73. The van der Waals surface area contributed by atoms with Crippen LogP contribution in [0.2, 0.25) is 0 Å². The van der Waals surface area contributed by atoms with Gasteiger partial charge in [0.1, 0.15) is 0 Å². The van der Waals surface area contributed by atoms with Crippen molar-refractivity contribution in [2.45, 2.75) is 19.3 Å². The lowest BCUT2D eigenvalue weighted by Gasteiger charge is -2.31. The van der Waals surface area contributed by atoms with Gasteiger partial charge in [0.05, 0.1) is 0 Å². The van der Waals surface area contributed by atoms with E-state index in [0.29, 0.717) is 17.8 Å². The van der Waals surface area contributed by atoms with E-state index in [4.69, 9.17) is 0 Å². The van der Waals surface area contributed by atoms with Crippen LogP contribution >= 0.6 is 0 Å². The summed E-state index contributed by atoms with van der Waals surface area (Å²) in [5, 5.41) is 10.8. The maximum Gasteiger partial charge on any atom is 0.0448 e. The molecule has 0 heterocycles. The maximum absolute atomic E-state index is 10.8. The second kappa shape index (κ2) is 2.37. The van der Waals surface area contributed by atoms with Crippen LogP contribution in [-0.2, 0) is 4.79 Å². The van der Waals surface area contributed by atoms with Gasteiger partial charge in [-0.05, 0) is 42.9 Å². The number of carboxylic acids is 1. The SMILES string of the molecule is O=C([O-])C1CC2CC1C1C=CCC21. The average molecular weight is 177 g/mol. The molecule has 0 spiro atoms. The van der Waals surface area contributed by atoms with Gasteiger partial charge in [0, 0.05) is 11.9 Å². The van der Waals surface area contributed by atoms with E-state index in [2.05, 4.69) is 12.2 Å². The molecule has 0 radical (unpaired) electrons. The lowest BCUT2D eigenvalue weighted by molar-refractivity contribution is -0.313. The molecule has 70 valence electrons. The van der Waals surface area contributed by atoms with Gasteiger partial charge in [0.2, 0.25) is 0 Å². The van der Waals surface area contributed by atoms with E-state index in [0.717, 1.165) is 18.8 Å². The average Bonchev–Trinajstić information content (AvgIpc) is 2.75. The Morgan fingerprint density at radius 1 is 1.31 bits per heavy atom. The van der Waals surface area contributed by atoms with Crippen molar-refractivity contribution in [3.8, 4) is 0 Å². The fourth-order valence-corrected chi connectivity index (χ4v) is 3.82. The summed E-state index contributed by atoms with van der Waals surface area (Å²) in [5.74, 6) is 1.47. The first-order valence-corrected chi connectivity index (χ1v) is 5.15. The van der Waals surface area contributed by atoms with Crippen LogP contribution < -0.4 is 5.11 Å². The van der Waals surface area contributed by atoms with Crippen LogP contribution in [0.1, 0.15) is 19.3 Å². The van der Waals surface area contributed by atoms with Crippen molar-refractivity contribution in [2.24, 2.45) is 29.6 Å². The summed E-state index contributed by atoms with van der Waals surface area (Å²) >= 11 is 0. The largest absolute Gasteiger partial charge is 0.550 e. The summed E-state index contributed by atoms with van der Waals surface area (Å²) in [6.45, 7) is 0. The quantitative estimate of drug-likeness (QED) is 0.550. The zero-order chi connectivity index (χ0) is 9.00. The lowest BCUT2D eigenvalue weighted by Crippen LogP contribution is -2.38. The van der Waals surface area contributed by atoms with Gasteiger partial charge < -0.3 is 9.90 Å². The van der Waals surface area contributed by atoms with E-state index in [1.165, 1.54) is 6.42 Å². The molecule has 0 saturated heterocycles. The molecule has 0 aromatic heterocycles. The Morgan fingerprint density at radius 3 is 2.92 bits per heavy atom. The standard InChI is InChI=1S/C11H14O2/c12-11(13)10-5-6-4-9(10)8-3-1-2-7(6)8/h1,3,6-10H,2,4-5H2,(H,12,13)/p-1. The number of fused-ring (bicyclic) bond motifs is 5. The number of aliphatic carboxylic acids is 1. The number of hydrogen-bond donors (Lipinski definition) is 0. The van der Waals surface area contributed by atoms with Crippen molar-refractivity contribution in [3.63, 3.8) is 0 Å². The first-order chi connectivity index (χ1) is 6.27. The Bertz CT molecular complexity index is 280. The number of hydrogen-bond acceptors (Lipinski definition) is 2. The van der Waals surface area contributed by atoms with Crippen molar-refractivity contribution in [2.75, 3.05) is 0 Å². The molecular weight excluding hydrogens is 164 g/mol. The third kappa shape index (κ3) is 0.862. The molecule has 3 aliphatic carbocycles. The van der Waals surface area contributed by atoms with Crippen LogP contribution in [-0.4, -0.2) is 5.97 Å². The van der Waals surface area contributed by atoms with Gasteiger partial charge in [0.25, 0.3) is 0 Å². The van der Waals surface area contributed by atoms with Crippen molar-refractivity contribution in [3.05, 3.63) is 12.2 Å². The Kier molecular flexibility index (Phi) is 1.38. The summed E-state index contributed by atoms with van der Waals surface area (Å²) in [6.07, 6.45) is 7.68. The van der Waals surface area contributed by atoms with Crippen LogP contribution in [0.3, 0.4) is 0 Å². The van der Waals surface area contributed by atoms with E-state index in [1.807, 2.05) is 0 Å². The summed E-state index contributed by atoms with van der Waals surface area (Å²) in [7, 11) is 0. The molecule has 0 amide bonds. The fraction of sp³-hybridized carbons (Fsp3) is 0.727. The van der Waals surface area contributed by atoms with Gasteiger partial charge in [-0.25, -0.2) is 0 Å². The minimum absolute atomic E-state index is 0.144. The molecule has 5 atom stereocenters. The minimum atomic E-state index is -0.814. The molecule has 0 aromatic rings. The zero-order valence-corrected chi connectivity index (χ0v) is 7.48. The van der Waals surface area contributed by atoms with Gasteiger partial charge in [-0.1, -0.05) is 12.2 Å². The fourth-order valence-electron chi connectivity index (χ4n) is 3.82. The molecule has 13 heavy (non-hydrogen) atoms. The maximum atomic E-state index is 10.8. The van der Waals surface area contributed by atoms with E-state index in [9.17, 15) is 9.90 Å². The summed E-state index contributed by atoms with van der Waals surface area (Å²) in [4.78, 5) is 10.8. The predicted octanol–water partition coefficient (Wildman–Crippen LogP) is 0.585. The molecule has 0 aromatic carbocycles. The van der Waals surface area contributed by atoms with Gasteiger partial charge in [-0.15, -0.1) is 0 Å². The zero-order valence-electron chi connectivity index (χ0n) is 7.48. The normalized spacial score (nSPS) is 51.2. The molecule has 2 fully saturated rings. The van der Waals surface area contributed by atoms with Crippen LogP contribution in [0.25, 0.3) is 0 Å². The highest BCUT2D eigenvalue weighted by atomic mass is 16.4. The monoisotopic (exact) mass is 177 g/mol. The Balaban J connectivity index is 1.89. The van der Waals surface area contributed by atoms with Crippen LogP contribution in [0.15, 0.2) is 12.2 Å². The predicted molar refractivity (Wildman–Crippen MR) is 45.4 cm³/mol. The van der Waals surface area contributed by atoms with Crippen LogP contribution in [0.5, 0.6) is 0 Å². The molecule has 0 aliphatic heterocycles. The third-order valence-corrected chi connectivity index (χ3v) is 4.31. The highest BCUT2D eigenvalue weighted by molar-refractivity contribution is 5.69. The number of allylic oxidation sites excluding steroid dienone is 2. The van der Waals surface area contributed by atoms with Gasteiger partial charge in [0.15, 0.2) is 0 Å². The summed E-state index contributed by atoms with van der Waals surface area (Å²) in [6, 6.07) is 0. The van der Waals surface area contributed by atoms with E-state index < -0.39 is 5.97 Å². The Morgan fingerprint density at radius 2 is 2.15 bits per heavy atom. The third-order valence-electron chi connectivity index (χ3n) is 4.31. The van der Waals surface area contributed by atoms with Gasteiger partial charge >= 0.3 is 0 Å². The lowest BCUT2D eigenvalue weighted by atomic mass is 9.76. The minimum Gasteiger partial charge on any atom is -0.550 e. The summed E-state index contributed by atoms with van der Waals surface area (Å²) in [5.41, 5.74) is 0. The number of carbonyl (C=O) groups is 1. The van der Waals surface area contributed by atoms with E-state index in [-0.39, 0.29) is 5.92 Å². The van der Waals surface area contributed by atoms with Crippen LogP contribution in [0, 0.1) is 29.6 Å². The molecular formula is C11H13O2-. The number of carbonyl (C=O) groups excluding carboxylic acids is 1. The Labute approximate surface area is 77.6 Å². The molecule has 3 aliphatic rings. The number of rotatable bonds is 1. The highest BCUT2D eigenvalue weighted by Gasteiger charge is 2.52. The Hall–Kier alpha value is -0.790. The first-order valence-electron chi connectivity index (χ1n) is 5.15. The molecule has 5 unspecified atom stereocenters. The van der Waals surface area contributed by atoms with Gasteiger partial charge in [-0.3, -0.25) is 0 Å². The molecule has 3 rings (SSSR count). The second-order valence-electron chi connectivity index (χ2n) is 4.73. The molecule has 2 saturated carbocycles. The van der Waals surface area contributed by atoms with E-state index >= 15 is 0 Å². The molecule has 0 N–H and O–H groups in total. The highest BCUT2D eigenvalue weighted by Crippen LogP contribution is 2.58. The van der Waals surface area contributed by atoms with Crippen LogP contribution in [0.4, 0.5) is 0 Å².